The van der Waals surface area contributed by atoms with Gasteiger partial charge in [0.15, 0.2) is 0 Å². The van der Waals surface area contributed by atoms with Gasteiger partial charge in [0.05, 0.1) is 24.1 Å². The first-order chi connectivity index (χ1) is 16.8. The maximum Gasteiger partial charge on any atom is 0.322 e. The van der Waals surface area contributed by atoms with Crippen LogP contribution in [0.1, 0.15) is 47.9 Å². The summed E-state index contributed by atoms with van der Waals surface area (Å²) in [5, 5.41) is 10.1. The van der Waals surface area contributed by atoms with Gasteiger partial charge < -0.3 is 21.1 Å². The van der Waals surface area contributed by atoms with Crippen molar-refractivity contribution in [3.63, 3.8) is 0 Å². The number of nitrogen functional groups attached to an aromatic ring is 2. The number of carbonyl (C=O) groups is 1. The molecule has 5 rings (SSSR count). The molecule has 0 saturated carbocycles. The Kier molecular flexibility index (Phi) is 5.44. The lowest BCUT2D eigenvalue weighted by atomic mass is 9.73. The molecular formula is C23H25N9O2S. The standard InChI is InChI=1S/C23H25N9O2S/c1-4-31(12(2)13-6-5-9-27-17(13)25)20-28-21(30-22(29-20)34-3)32-11-23(19(32)33)8-7-15-16(23)14(10-24)18(26)35-15/h5-6,9,12H,4,7-8,11,26H2,1-3H3,(H2,25,27). The molecule has 1 fully saturated rings. The molecule has 0 bridgehead atoms. The van der Waals surface area contributed by atoms with Crippen molar-refractivity contribution >= 4 is 40.0 Å². The van der Waals surface area contributed by atoms with E-state index in [2.05, 4.69) is 26.0 Å². The number of pyridine rings is 1. The molecule has 1 aliphatic carbocycles. The minimum absolute atomic E-state index is 0.105. The third kappa shape index (κ3) is 3.34. The highest BCUT2D eigenvalue weighted by Crippen LogP contribution is 2.53. The molecule has 1 saturated heterocycles. The molecule has 2 atom stereocenters. The number of ether oxygens (including phenoxy) is 1. The van der Waals surface area contributed by atoms with Crippen LogP contribution in [-0.4, -0.2) is 46.0 Å². The minimum atomic E-state index is -0.754. The van der Waals surface area contributed by atoms with Gasteiger partial charge in [-0.2, -0.15) is 20.2 Å². The Morgan fingerprint density at radius 3 is 2.83 bits per heavy atom. The number of aryl methyl sites for hydroxylation is 1. The Bertz CT molecular complexity index is 1370. The van der Waals surface area contributed by atoms with Gasteiger partial charge in [0.2, 0.25) is 17.8 Å². The van der Waals surface area contributed by atoms with Gasteiger partial charge in [-0.15, -0.1) is 11.3 Å². The van der Waals surface area contributed by atoms with E-state index in [9.17, 15) is 10.1 Å². The van der Waals surface area contributed by atoms with Gasteiger partial charge in [-0.3, -0.25) is 9.69 Å². The molecule has 4 N–H and O–H groups in total. The third-order valence-corrected chi connectivity index (χ3v) is 7.94. The highest BCUT2D eigenvalue weighted by molar-refractivity contribution is 7.16. The van der Waals surface area contributed by atoms with Crippen LogP contribution in [0.5, 0.6) is 6.01 Å². The van der Waals surface area contributed by atoms with Gasteiger partial charge in [0, 0.05) is 35.3 Å². The Morgan fingerprint density at radius 1 is 1.37 bits per heavy atom. The first kappa shape index (κ1) is 22.8. The number of hydrogen-bond donors (Lipinski definition) is 2. The maximum absolute atomic E-state index is 13.6. The van der Waals surface area contributed by atoms with E-state index in [0.29, 0.717) is 41.8 Å². The normalized spacial score (nSPS) is 19.3. The predicted octanol–water partition coefficient (Wildman–Crippen LogP) is 2.19. The lowest BCUT2D eigenvalue weighted by molar-refractivity contribution is -0.129. The largest absolute Gasteiger partial charge is 0.467 e. The molecule has 0 aromatic carbocycles. The van der Waals surface area contributed by atoms with Crippen molar-refractivity contribution in [3.05, 3.63) is 39.9 Å². The molecule has 3 aromatic rings. The summed E-state index contributed by atoms with van der Waals surface area (Å²) >= 11 is 1.40. The smallest absolute Gasteiger partial charge is 0.322 e. The maximum atomic E-state index is 13.6. The van der Waals surface area contributed by atoms with Crippen LogP contribution in [0.2, 0.25) is 0 Å². The number of carbonyl (C=O) groups excluding carboxylic acids is 1. The number of amides is 1. The molecule has 11 nitrogen and oxygen atoms in total. The number of methoxy groups -OCH3 is 1. The number of nitrogens with two attached hydrogens (primary N) is 2. The zero-order chi connectivity index (χ0) is 24.9. The first-order valence-corrected chi connectivity index (χ1v) is 12.1. The van der Waals surface area contributed by atoms with Crippen LogP contribution in [0.4, 0.5) is 22.7 Å². The van der Waals surface area contributed by atoms with Gasteiger partial charge in [-0.05, 0) is 32.8 Å². The topological polar surface area (TPSA) is 160 Å². The molecule has 3 aromatic heterocycles. The van der Waals surface area contributed by atoms with Crippen molar-refractivity contribution in [1.29, 1.82) is 5.26 Å². The second kappa shape index (κ2) is 8.35. The van der Waals surface area contributed by atoms with E-state index in [0.717, 1.165) is 22.4 Å². The van der Waals surface area contributed by atoms with Crippen LogP contribution in [-0.2, 0) is 16.6 Å². The van der Waals surface area contributed by atoms with Crippen LogP contribution in [0.3, 0.4) is 0 Å². The molecule has 12 heteroatoms. The Balaban J connectivity index is 1.49. The molecule has 180 valence electrons. The summed E-state index contributed by atoms with van der Waals surface area (Å²) in [6, 6.07) is 5.85. The van der Waals surface area contributed by atoms with E-state index < -0.39 is 5.41 Å². The van der Waals surface area contributed by atoms with Crippen molar-refractivity contribution in [3.8, 4) is 12.1 Å². The second-order valence-corrected chi connectivity index (χ2v) is 9.72. The zero-order valence-corrected chi connectivity index (χ0v) is 20.5. The molecule has 2 unspecified atom stereocenters. The Labute approximate surface area is 206 Å². The Morgan fingerprint density at radius 2 is 2.17 bits per heavy atom. The molecule has 35 heavy (non-hydrogen) atoms. The number of rotatable bonds is 6. The summed E-state index contributed by atoms with van der Waals surface area (Å²) in [6.45, 7) is 4.91. The molecular weight excluding hydrogens is 466 g/mol. The van der Waals surface area contributed by atoms with Crippen molar-refractivity contribution in [2.24, 2.45) is 0 Å². The van der Waals surface area contributed by atoms with Crippen molar-refractivity contribution < 1.29 is 9.53 Å². The van der Waals surface area contributed by atoms with E-state index in [-0.39, 0.29) is 23.9 Å². The third-order valence-electron chi connectivity index (χ3n) is 6.86. The number of thiophene rings is 1. The van der Waals surface area contributed by atoms with Gasteiger partial charge in [0.1, 0.15) is 16.9 Å². The monoisotopic (exact) mass is 491 g/mol. The van der Waals surface area contributed by atoms with Crippen LogP contribution >= 0.6 is 11.3 Å². The number of anilines is 4. The van der Waals surface area contributed by atoms with E-state index in [1.165, 1.54) is 23.3 Å². The van der Waals surface area contributed by atoms with Crippen LogP contribution in [0, 0.1) is 11.3 Å². The molecule has 2 aliphatic rings. The highest BCUT2D eigenvalue weighted by atomic mass is 32.1. The van der Waals surface area contributed by atoms with E-state index in [1.54, 1.807) is 6.20 Å². The fraction of sp³-hybridized carbons (Fsp3) is 0.391. The van der Waals surface area contributed by atoms with Gasteiger partial charge in [0.25, 0.3) is 0 Å². The van der Waals surface area contributed by atoms with Crippen LogP contribution in [0.15, 0.2) is 18.3 Å². The van der Waals surface area contributed by atoms with Crippen LogP contribution in [0.25, 0.3) is 0 Å². The highest BCUT2D eigenvalue weighted by Gasteiger charge is 2.59. The average molecular weight is 492 g/mol. The number of nitriles is 1. The van der Waals surface area contributed by atoms with Gasteiger partial charge in [-0.1, -0.05) is 6.07 Å². The number of fused-ring (bicyclic) bond motifs is 2. The summed E-state index contributed by atoms with van der Waals surface area (Å²) in [5.41, 5.74) is 13.4. The summed E-state index contributed by atoms with van der Waals surface area (Å²) in [4.78, 5) is 35.7. The lowest BCUT2D eigenvalue weighted by Gasteiger charge is -2.45. The second-order valence-electron chi connectivity index (χ2n) is 8.59. The van der Waals surface area contributed by atoms with Crippen molar-refractivity contribution in [1.82, 2.24) is 19.9 Å². The van der Waals surface area contributed by atoms with E-state index in [4.69, 9.17) is 16.2 Å². The summed E-state index contributed by atoms with van der Waals surface area (Å²) in [7, 11) is 1.47. The summed E-state index contributed by atoms with van der Waals surface area (Å²) in [6.07, 6.45) is 3.02. The quantitative estimate of drug-likeness (QED) is 0.489. The predicted molar refractivity (Wildman–Crippen MR) is 132 cm³/mol. The van der Waals surface area contributed by atoms with Crippen molar-refractivity contribution in [2.45, 2.75) is 38.1 Å². The number of aromatic nitrogens is 4. The average Bonchev–Trinajstić information content (AvgIpc) is 3.39. The number of nitrogens with zero attached hydrogens (tertiary/aromatic N) is 7. The fourth-order valence-electron chi connectivity index (χ4n) is 5.07. The van der Waals surface area contributed by atoms with Gasteiger partial charge >= 0.3 is 6.01 Å². The molecule has 1 aliphatic heterocycles. The number of hydrogen-bond acceptors (Lipinski definition) is 11. The SMILES string of the molecule is CCN(c1nc(OC)nc(N2CC3(CCc4sc(N)c(C#N)c43)C2=O)n1)C(C)c1cccnc1N. The van der Waals surface area contributed by atoms with E-state index >= 15 is 0 Å². The lowest BCUT2D eigenvalue weighted by Crippen LogP contribution is -2.64. The summed E-state index contributed by atoms with van der Waals surface area (Å²) in [5.74, 6) is 0.864. The van der Waals surface area contributed by atoms with Gasteiger partial charge in [-0.25, -0.2) is 4.98 Å². The Hall–Kier alpha value is -3.98. The summed E-state index contributed by atoms with van der Waals surface area (Å²) < 4.78 is 5.34. The molecule has 0 radical (unpaired) electrons. The zero-order valence-electron chi connectivity index (χ0n) is 19.6. The molecule has 1 spiro atoms. The first-order valence-electron chi connectivity index (χ1n) is 11.2. The fourth-order valence-corrected chi connectivity index (χ4v) is 6.19. The van der Waals surface area contributed by atoms with E-state index in [1.807, 2.05) is 30.9 Å². The molecule has 4 heterocycles. The number of β-lactam (4-membered cyclic amide) rings is 1. The molecule has 1 amide bonds. The van der Waals surface area contributed by atoms with Crippen molar-refractivity contribution in [2.75, 3.05) is 41.5 Å². The van der Waals surface area contributed by atoms with Crippen LogP contribution < -0.4 is 26.0 Å². The minimum Gasteiger partial charge on any atom is -0.467 e.